The molecule has 0 spiro atoms. The zero-order valence-electron chi connectivity index (χ0n) is 12.0. The second-order valence-electron chi connectivity index (χ2n) is 5.66. The third-order valence-corrected chi connectivity index (χ3v) is 5.42. The van der Waals surface area contributed by atoms with Gasteiger partial charge in [-0.2, -0.15) is 13.2 Å². The minimum atomic E-state index is -4.02. The van der Waals surface area contributed by atoms with Crippen molar-refractivity contribution < 1.29 is 13.2 Å². The normalized spacial score (nSPS) is 25.6. The maximum atomic E-state index is 12.7. The van der Waals surface area contributed by atoms with Crippen molar-refractivity contribution in [2.45, 2.75) is 51.7 Å². The summed E-state index contributed by atoms with van der Waals surface area (Å²) >= 11 is 1.71. The van der Waals surface area contributed by atoms with Crippen molar-refractivity contribution in [2.75, 3.05) is 6.54 Å². The van der Waals surface area contributed by atoms with Gasteiger partial charge in [0.15, 0.2) is 0 Å². The van der Waals surface area contributed by atoms with Gasteiger partial charge in [0.05, 0.1) is 5.92 Å². The van der Waals surface area contributed by atoms with E-state index in [0.29, 0.717) is 18.8 Å². The van der Waals surface area contributed by atoms with Crippen LogP contribution in [0.3, 0.4) is 0 Å². The molecule has 1 aliphatic rings. The van der Waals surface area contributed by atoms with Crippen molar-refractivity contribution in [3.05, 3.63) is 21.9 Å². The molecule has 1 N–H and O–H groups in total. The topological polar surface area (TPSA) is 12.0 Å². The van der Waals surface area contributed by atoms with Gasteiger partial charge in [0.1, 0.15) is 0 Å². The van der Waals surface area contributed by atoms with Gasteiger partial charge in [-0.3, -0.25) is 0 Å². The molecule has 1 heterocycles. The molecule has 1 nitrogen and oxygen atoms in total. The Bertz CT molecular complexity index is 419. The first-order valence-corrected chi connectivity index (χ1v) is 8.15. The first-order chi connectivity index (χ1) is 9.43. The van der Waals surface area contributed by atoms with E-state index in [0.717, 1.165) is 6.54 Å². The molecule has 1 atom stereocenters. The van der Waals surface area contributed by atoms with Gasteiger partial charge in [-0.25, -0.2) is 0 Å². The second-order valence-corrected chi connectivity index (χ2v) is 6.60. The van der Waals surface area contributed by atoms with Crippen LogP contribution in [-0.4, -0.2) is 12.7 Å². The third kappa shape index (κ3) is 3.55. The Labute approximate surface area is 122 Å². The van der Waals surface area contributed by atoms with Gasteiger partial charge < -0.3 is 5.32 Å². The number of aryl methyl sites for hydroxylation is 1. The molecule has 114 valence electrons. The van der Waals surface area contributed by atoms with Crippen molar-refractivity contribution in [1.29, 1.82) is 0 Å². The van der Waals surface area contributed by atoms with Crippen molar-refractivity contribution in [2.24, 2.45) is 11.8 Å². The molecule has 0 aromatic carbocycles. The largest absolute Gasteiger partial charge is 0.391 e. The van der Waals surface area contributed by atoms with E-state index < -0.39 is 12.1 Å². The van der Waals surface area contributed by atoms with E-state index in [1.165, 1.54) is 10.4 Å². The number of nitrogens with one attached hydrogen (secondary N) is 1. The molecule has 0 bridgehead atoms. The van der Waals surface area contributed by atoms with E-state index in [2.05, 4.69) is 30.6 Å². The minimum absolute atomic E-state index is 0.217. The first-order valence-electron chi connectivity index (χ1n) is 7.27. The Morgan fingerprint density at radius 3 is 2.40 bits per heavy atom. The quantitative estimate of drug-likeness (QED) is 0.818. The molecule has 0 saturated heterocycles. The Morgan fingerprint density at radius 1 is 1.30 bits per heavy atom. The molecule has 1 unspecified atom stereocenters. The fourth-order valence-corrected chi connectivity index (χ4v) is 4.27. The van der Waals surface area contributed by atoms with E-state index in [1.807, 2.05) is 0 Å². The highest BCUT2D eigenvalue weighted by atomic mass is 32.1. The fourth-order valence-electron chi connectivity index (χ4n) is 3.18. The highest BCUT2D eigenvalue weighted by Gasteiger charge is 2.42. The van der Waals surface area contributed by atoms with Gasteiger partial charge in [-0.15, -0.1) is 11.3 Å². The lowest BCUT2D eigenvalue weighted by Gasteiger charge is -2.35. The lowest BCUT2D eigenvalue weighted by atomic mass is 9.77. The first kappa shape index (κ1) is 15.8. The van der Waals surface area contributed by atoms with Gasteiger partial charge in [-0.05, 0) is 62.1 Å². The highest BCUT2D eigenvalue weighted by molar-refractivity contribution is 7.10. The van der Waals surface area contributed by atoms with Crippen molar-refractivity contribution in [3.63, 3.8) is 0 Å². The predicted molar refractivity (Wildman–Crippen MR) is 77.0 cm³/mol. The van der Waals surface area contributed by atoms with Gasteiger partial charge in [0, 0.05) is 10.9 Å². The Hall–Kier alpha value is -0.550. The van der Waals surface area contributed by atoms with Crippen LogP contribution >= 0.6 is 11.3 Å². The SMILES string of the molecule is CCNC(c1sccc1C)C1CCC(C(F)(F)F)CC1. The summed E-state index contributed by atoms with van der Waals surface area (Å²) < 4.78 is 38.2. The minimum Gasteiger partial charge on any atom is -0.309 e. The number of alkyl halides is 3. The molecular formula is C15H22F3NS. The second kappa shape index (κ2) is 6.48. The summed E-state index contributed by atoms with van der Waals surface area (Å²) in [6.07, 6.45) is -2.13. The van der Waals surface area contributed by atoms with E-state index in [1.54, 1.807) is 11.3 Å². The fraction of sp³-hybridized carbons (Fsp3) is 0.733. The molecule has 20 heavy (non-hydrogen) atoms. The van der Waals surface area contributed by atoms with Gasteiger partial charge in [0.2, 0.25) is 0 Å². The zero-order chi connectivity index (χ0) is 14.8. The molecule has 1 aliphatic carbocycles. The highest BCUT2D eigenvalue weighted by Crippen LogP contribution is 2.44. The van der Waals surface area contributed by atoms with Crippen LogP contribution in [0.4, 0.5) is 13.2 Å². The van der Waals surface area contributed by atoms with Crippen LogP contribution in [0, 0.1) is 18.8 Å². The van der Waals surface area contributed by atoms with Crippen LogP contribution in [0.15, 0.2) is 11.4 Å². The summed E-state index contributed by atoms with van der Waals surface area (Å²) in [6, 6.07) is 2.31. The van der Waals surface area contributed by atoms with Gasteiger partial charge >= 0.3 is 6.18 Å². The maximum absolute atomic E-state index is 12.7. The summed E-state index contributed by atoms with van der Waals surface area (Å²) in [5, 5.41) is 5.54. The van der Waals surface area contributed by atoms with Crippen LogP contribution in [0.5, 0.6) is 0 Å². The van der Waals surface area contributed by atoms with Crippen molar-refractivity contribution in [3.8, 4) is 0 Å². The predicted octanol–water partition coefficient (Wildman–Crippen LogP) is 5.08. The average molecular weight is 305 g/mol. The van der Waals surface area contributed by atoms with Crippen molar-refractivity contribution >= 4 is 11.3 Å². The standard InChI is InChI=1S/C15H22F3NS/c1-3-19-13(14-10(2)8-9-20-14)11-4-6-12(7-5-11)15(16,17)18/h8-9,11-13,19H,3-7H2,1-2H3. The number of halogens is 3. The molecule has 5 heteroatoms. The number of hydrogen-bond acceptors (Lipinski definition) is 2. The molecule has 1 aromatic rings. The monoisotopic (exact) mass is 305 g/mol. The van der Waals surface area contributed by atoms with Crippen LogP contribution in [0.2, 0.25) is 0 Å². The van der Waals surface area contributed by atoms with Crippen LogP contribution in [-0.2, 0) is 0 Å². The number of rotatable bonds is 4. The lowest BCUT2D eigenvalue weighted by Crippen LogP contribution is -2.34. The summed E-state index contributed by atoms with van der Waals surface area (Å²) in [6.45, 7) is 4.98. The zero-order valence-corrected chi connectivity index (χ0v) is 12.8. The molecule has 2 rings (SSSR count). The molecule has 0 radical (unpaired) electrons. The summed E-state index contributed by atoms with van der Waals surface area (Å²) in [7, 11) is 0. The van der Waals surface area contributed by atoms with Crippen LogP contribution in [0.25, 0.3) is 0 Å². The van der Waals surface area contributed by atoms with Crippen LogP contribution < -0.4 is 5.32 Å². The average Bonchev–Trinajstić information content (AvgIpc) is 2.81. The number of hydrogen-bond donors (Lipinski definition) is 1. The molecule has 1 aromatic heterocycles. The Morgan fingerprint density at radius 2 is 1.95 bits per heavy atom. The summed E-state index contributed by atoms with van der Waals surface area (Å²) in [5.41, 5.74) is 1.25. The maximum Gasteiger partial charge on any atom is 0.391 e. The smallest absolute Gasteiger partial charge is 0.309 e. The molecule has 1 saturated carbocycles. The van der Waals surface area contributed by atoms with E-state index >= 15 is 0 Å². The lowest BCUT2D eigenvalue weighted by molar-refractivity contribution is -0.184. The molecule has 1 fully saturated rings. The third-order valence-electron chi connectivity index (χ3n) is 4.31. The van der Waals surface area contributed by atoms with E-state index in [-0.39, 0.29) is 18.9 Å². The van der Waals surface area contributed by atoms with E-state index in [4.69, 9.17) is 0 Å². The van der Waals surface area contributed by atoms with Gasteiger partial charge in [-0.1, -0.05) is 6.92 Å². The Balaban J connectivity index is 2.04. The molecular weight excluding hydrogens is 283 g/mol. The van der Waals surface area contributed by atoms with Gasteiger partial charge in [0.25, 0.3) is 0 Å². The van der Waals surface area contributed by atoms with E-state index in [9.17, 15) is 13.2 Å². The number of thiophene rings is 1. The summed E-state index contributed by atoms with van der Waals surface area (Å²) in [5.74, 6) is -0.767. The van der Waals surface area contributed by atoms with Crippen molar-refractivity contribution in [1.82, 2.24) is 5.32 Å². The summed E-state index contributed by atoms with van der Waals surface area (Å²) in [4.78, 5) is 1.29. The van der Waals surface area contributed by atoms with Crippen LogP contribution in [0.1, 0.15) is 49.1 Å². The molecule has 0 aliphatic heterocycles. The molecule has 0 amide bonds. The Kier molecular flexibility index (Phi) is 5.13.